The summed E-state index contributed by atoms with van der Waals surface area (Å²) in [5.74, 6) is -0.509. The highest BCUT2D eigenvalue weighted by atomic mass is 35.5. The Kier molecular flexibility index (Phi) is 6.75. The fraction of sp³-hybridized carbons (Fsp3) is 0.500. The number of thiophene rings is 1. The SMILES string of the molecule is O=C(O)CC(NC(=O)CCCCCl)c1cccs1. The van der Waals surface area contributed by atoms with Gasteiger partial charge in [-0.2, -0.15) is 0 Å². The first-order chi connectivity index (χ1) is 8.63. The lowest BCUT2D eigenvalue weighted by Crippen LogP contribution is -2.29. The molecule has 1 atom stereocenters. The molecule has 18 heavy (non-hydrogen) atoms. The van der Waals surface area contributed by atoms with Crippen molar-refractivity contribution < 1.29 is 14.7 Å². The molecule has 0 radical (unpaired) electrons. The van der Waals surface area contributed by atoms with Crippen molar-refractivity contribution in [1.29, 1.82) is 0 Å². The van der Waals surface area contributed by atoms with Crippen LogP contribution in [0.25, 0.3) is 0 Å². The summed E-state index contributed by atoms with van der Waals surface area (Å²) in [5, 5.41) is 13.5. The molecule has 4 nitrogen and oxygen atoms in total. The number of aliphatic carboxylic acids is 1. The number of hydrogen-bond acceptors (Lipinski definition) is 3. The van der Waals surface area contributed by atoms with Crippen molar-refractivity contribution in [1.82, 2.24) is 5.32 Å². The second kappa shape index (κ2) is 8.11. The average molecular weight is 290 g/mol. The van der Waals surface area contributed by atoms with Crippen LogP contribution in [0.1, 0.15) is 36.6 Å². The fourth-order valence-electron chi connectivity index (χ4n) is 1.53. The first-order valence-corrected chi connectivity index (χ1v) is 7.15. The minimum Gasteiger partial charge on any atom is -0.481 e. The first-order valence-electron chi connectivity index (χ1n) is 5.74. The van der Waals surface area contributed by atoms with Crippen molar-refractivity contribution in [3.05, 3.63) is 22.4 Å². The molecule has 0 aliphatic carbocycles. The molecule has 1 heterocycles. The number of carbonyl (C=O) groups is 2. The third-order valence-corrected chi connectivity index (χ3v) is 3.64. The highest BCUT2D eigenvalue weighted by Crippen LogP contribution is 2.22. The molecular weight excluding hydrogens is 274 g/mol. The third kappa shape index (κ3) is 5.51. The van der Waals surface area contributed by atoms with Crippen LogP contribution < -0.4 is 5.32 Å². The van der Waals surface area contributed by atoms with Crippen LogP contribution >= 0.6 is 22.9 Å². The molecule has 1 amide bonds. The van der Waals surface area contributed by atoms with E-state index in [1.54, 1.807) is 0 Å². The third-order valence-electron chi connectivity index (χ3n) is 2.39. The first kappa shape index (κ1) is 15.0. The highest BCUT2D eigenvalue weighted by Gasteiger charge is 2.18. The van der Waals surface area contributed by atoms with Crippen LogP contribution in [0.15, 0.2) is 17.5 Å². The van der Waals surface area contributed by atoms with E-state index in [0.717, 1.165) is 17.7 Å². The summed E-state index contributed by atoms with van der Waals surface area (Å²) in [5.41, 5.74) is 0. The van der Waals surface area contributed by atoms with E-state index in [1.807, 2.05) is 17.5 Å². The normalized spacial score (nSPS) is 12.1. The molecule has 0 aromatic carbocycles. The van der Waals surface area contributed by atoms with Crippen LogP contribution in [0.4, 0.5) is 0 Å². The minimum absolute atomic E-state index is 0.0955. The van der Waals surface area contributed by atoms with Gasteiger partial charge < -0.3 is 10.4 Å². The Hall–Kier alpha value is -1.07. The van der Waals surface area contributed by atoms with Gasteiger partial charge >= 0.3 is 5.97 Å². The maximum Gasteiger partial charge on any atom is 0.305 e. The number of carboxylic acid groups (broad SMARTS) is 1. The molecule has 0 aliphatic heterocycles. The Morgan fingerprint density at radius 3 is 2.78 bits per heavy atom. The number of amides is 1. The average Bonchev–Trinajstić information content (AvgIpc) is 2.81. The van der Waals surface area contributed by atoms with Crippen LogP contribution in [0, 0.1) is 0 Å². The number of halogens is 1. The molecule has 1 unspecified atom stereocenters. The number of carbonyl (C=O) groups excluding carboxylic acids is 1. The zero-order chi connectivity index (χ0) is 13.4. The predicted octanol–water partition coefficient (Wildman–Crippen LogP) is 2.79. The van der Waals surface area contributed by atoms with Crippen molar-refractivity contribution in [2.75, 3.05) is 5.88 Å². The molecule has 0 spiro atoms. The second-order valence-corrected chi connectivity index (χ2v) is 5.24. The molecule has 0 bridgehead atoms. The second-order valence-electron chi connectivity index (χ2n) is 3.88. The van der Waals surface area contributed by atoms with E-state index in [0.29, 0.717) is 12.3 Å². The van der Waals surface area contributed by atoms with Gasteiger partial charge in [-0.15, -0.1) is 22.9 Å². The summed E-state index contributed by atoms with van der Waals surface area (Å²) < 4.78 is 0. The van der Waals surface area contributed by atoms with Gasteiger partial charge in [0.1, 0.15) is 0 Å². The largest absolute Gasteiger partial charge is 0.481 e. The highest BCUT2D eigenvalue weighted by molar-refractivity contribution is 7.10. The Bertz CT molecular complexity index is 381. The molecule has 0 aliphatic rings. The summed E-state index contributed by atoms with van der Waals surface area (Å²) in [6.45, 7) is 0. The van der Waals surface area contributed by atoms with Gasteiger partial charge in [0, 0.05) is 17.2 Å². The molecule has 100 valence electrons. The van der Waals surface area contributed by atoms with Gasteiger partial charge in [0.05, 0.1) is 12.5 Å². The number of carboxylic acids is 1. The zero-order valence-corrected chi connectivity index (χ0v) is 11.5. The van der Waals surface area contributed by atoms with Gasteiger partial charge in [-0.3, -0.25) is 9.59 Å². The van der Waals surface area contributed by atoms with Crippen LogP contribution in [0.2, 0.25) is 0 Å². The van der Waals surface area contributed by atoms with E-state index in [-0.39, 0.29) is 12.3 Å². The summed E-state index contributed by atoms with van der Waals surface area (Å²) in [4.78, 5) is 23.3. The smallest absolute Gasteiger partial charge is 0.305 e. The van der Waals surface area contributed by atoms with E-state index in [9.17, 15) is 9.59 Å². The molecular formula is C12H16ClNO3S. The van der Waals surface area contributed by atoms with Crippen LogP contribution in [-0.2, 0) is 9.59 Å². The summed E-state index contributed by atoms with van der Waals surface area (Å²) in [7, 11) is 0. The Morgan fingerprint density at radius 2 is 2.22 bits per heavy atom. The summed E-state index contributed by atoms with van der Waals surface area (Å²) in [6.07, 6.45) is 1.80. The standard InChI is InChI=1S/C12H16ClNO3S/c13-6-2-1-5-11(15)14-9(8-12(16)17)10-4-3-7-18-10/h3-4,7,9H,1-2,5-6,8H2,(H,14,15)(H,16,17). The molecule has 1 aromatic heterocycles. The van der Waals surface area contributed by atoms with E-state index in [4.69, 9.17) is 16.7 Å². The van der Waals surface area contributed by atoms with Crippen LogP contribution in [0.3, 0.4) is 0 Å². The summed E-state index contributed by atoms with van der Waals surface area (Å²) in [6, 6.07) is 3.23. The number of unbranched alkanes of at least 4 members (excludes halogenated alkanes) is 1. The van der Waals surface area contributed by atoms with Crippen molar-refractivity contribution in [2.24, 2.45) is 0 Å². The van der Waals surface area contributed by atoms with Gasteiger partial charge in [0.25, 0.3) is 0 Å². The van der Waals surface area contributed by atoms with E-state index in [1.165, 1.54) is 11.3 Å². The molecule has 1 rings (SSSR count). The topological polar surface area (TPSA) is 66.4 Å². The number of rotatable bonds is 8. The van der Waals surface area contributed by atoms with Crippen molar-refractivity contribution >= 4 is 34.8 Å². The van der Waals surface area contributed by atoms with E-state index in [2.05, 4.69) is 5.32 Å². The van der Waals surface area contributed by atoms with Gasteiger partial charge in [0.15, 0.2) is 0 Å². The van der Waals surface area contributed by atoms with Gasteiger partial charge in [-0.05, 0) is 24.3 Å². The quantitative estimate of drug-likeness (QED) is 0.571. The monoisotopic (exact) mass is 289 g/mol. The number of nitrogens with one attached hydrogen (secondary N) is 1. The molecule has 2 N–H and O–H groups in total. The lowest BCUT2D eigenvalue weighted by atomic mass is 10.1. The van der Waals surface area contributed by atoms with Gasteiger partial charge in [-0.25, -0.2) is 0 Å². The predicted molar refractivity (Wildman–Crippen MR) is 72.0 cm³/mol. The van der Waals surface area contributed by atoms with Crippen molar-refractivity contribution in [3.8, 4) is 0 Å². The van der Waals surface area contributed by atoms with Crippen molar-refractivity contribution in [3.63, 3.8) is 0 Å². The summed E-state index contributed by atoms with van der Waals surface area (Å²) >= 11 is 6.98. The number of hydrogen-bond donors (Lipinski definition) is 2. The van der Waals surface area contributed by atoms with Gasteiger partial charge in [-0.1, -0.05) is 6.07 Å². The Balaban J connectivity index is 2.51. The molecule has 0 saturated heterocycles. The Morgan fingerprint density at radius 1 is 1.44 bits per heavy atom. The Labute approximate surface area is 115 Å². The van der Waals surface area contributed by atoms with Crippen LogP contribution in [0.5, 0.6) is 0 Å². The van der Waals surface area contributed by atoms with E-state index >= 15 is 0 Å². The molecule has 1 aromatic rings. The minimum atomic E-state index is -0.922. The van der Waals surface area contributed by atoms with E-state index < -0.39 is 12.0 Å². The van der Waals surface area contributed by atoms with Crippen molar-refractivity contribution in [2.45, 2.75) is 31.7 Å². The lowest BCUT2D eigenvalue weighted by molar-refractivity contribution is -0.137. The number of alkyl halides is 1. The van der Waals surface area contributed by atoms with Crippen LogP contribution in [-0.4, -0.2) is 22.9 Å². The fourth-order valence-corrected chi connectivity index (χ4v) is 2.50. The molecule has 0 saturated carbocycles. The molecule has 0 fully saturated rings. The zero-order valence-electron chi connectivity index (χ0n) is 9.89. The lowest BCUT2D eigenvalue weighted by Gasteiger charge is -2.15. The molecule has 6 heteroatoms. The maximum absolute atomic E-state index is 11.7. The maximum atomic E-state index is 11.7. The van der Waals surface area contributed by atoms with Gasteiger partial charge in [0.2, 0.25) is 5.91 Å².